The Hall–Kier alpha value is -1.06. The topological polar surface area (TPSA) is 30.5 Å². The van der Waals surface area contributed by atoms with Crippen molar-refractivity contribution in [2.24, 2.45) is 0 Å². The Balaban J connectivity index is 1.78. The van der Waals surface area contributed by atoms with Crippen LogP contribution in [-0.4, -0.2) is 25.4 Å². The Morgan fingerprint density at radius 2 is 1.90 bits per heavy atom. The predicted octanol–water partition coefficient (Wildman–Crippen LogP) is 3.52. The van der Waals surface area contributed by atoms with Crippen LogP contribution in [0.25, 0.3) is 0 Å². The zero-order valence-electron chi connectivity index (χ0n) is 12.8. The van der Waals surface area contributed by atoms with Crippen LogP contribution in [0, 0.1) is 0 Å². The molecule has 1 aromatic rings. The van der Waals surface area contributed by atoms with E-state index < -0.39 is 0 Å². The Bertz CT molecular complexity index is 382. The zero-order chi connectivity index (χ0) is 14.3. The van der Waals surface area contributed by atoms with Gasteiger partial charge < -0.3 is 14.8 Å². The Morgan fingerprint density at radius 1 is 1.20 bits per heavy atom. The van der Waals surface area contributed by atoms with Crippen LogP contribution in [0.5, 0.6) is 5.75 Å². The molecule has 1 aliphatic rings. The average molecular weight is 277 g/mol. The van der Waals surface area contributed by atoms with Crippen LogP contribution >= 0.6 is 0 Å². The molecule has 0 saturated carbocycles. The van der Waals surface area contributed by atoms with Crippen LogP contribution in [0.15, 0.2) is 24.3 Å². The monoisotopic (exact) mass is 277 g/mol. The molecule has 20 heavy (non-hydrogen) atoms. The molecular weight excluding hydrogens is 250 g/mol. The fraction of sp³-hybridized carbons (Fsp3) is 0.647. The van der Waals surface area contributed by atoms with E-state index in [1.54, 1.807) is 0 Å². The van der Waals surface area contributed by atoms with Crippen molar-refractivity contribution in [3.8, 4) is 5.75 Å². The van der Waals surface area contributed by atoms with Gasteiger partial charge in [-0.1, -0.05) is 25.5 Å². The van der Waals surface area contributed by atoms with Gasteiger partial charge in [0.1, 0.15) is 5.75 Å². The summed E-state index contributed by atoms with van der Waals surface area (Å²) in [7, 11) is 0. The number of benzene rings is 1. The summed E-state index contributed by atoms with van der Waals surface area (Å²) >= 11 is 0. The lowest BCUT2D eigenvalue weighted by Crippen LogP contribution is -2.46. The van der Waals surface area contributed by atoms with Crippen molar-refractivity contribution >= 4 is 0 Å². The van der Waals surface area contributed by atoms with E-state index >= 15 is 0 Å². The average Bonchev–Trinajstić information content (AvgIpc) is 2.48. The van der Waals surface area contributed by atoms with Crippen LogP contribution in [0.4, 0.5) is 0 Å². The molecular formula is C17H27NO2. The molecule has 0 bridgehead atoms. The van der Waals surface area contributed by atoms with E-state index in [0.29, 0.717) is 0 Å². The van der Waals surface area contributed by atoms with Crippen molar-refractivity contribution in [1.29, 1.82) is 0 Å². The van der Waals surface area contributed by atoms with Gasteiger partial charge in [-0.05, 0) is 43.9 Å². The van der Waals surface area contributed by atoms with Gasteiger partial charge in [0, 0.05) is 25.3 Å². The molecule has 3 nitrogen and oxygen atoms in total. The largest absolute Gasteiger partial charge is 0.494 e. The van der Waals surface area contributed by atoms with Gasteiger partial charge in [0.2, 0.25) is 0 Å². The number of unbranched alkanes of at least 4 members (excludes halogenated alkanes) is 1. The van der Waals surface area contributed by atoms with Crippen LogP contribution in [0.3, 0.4) is 0 Å². The van der Waals surface area contributed by atoms with E-state index in [0.717, 1.165) is 51.4 Å². The van der Waals surface area contributed by atoms with Gasteiger partial charge in [0.25, 0.3) is 0 Å². The fourth-order valence-electron chi connectivity index (χ4n) is 2.35. The summed E-state index contributed by atoms with van der Waals surface area (Å²) in [6, 6.07) is 8.44. The molecule has 1 aromatic carbocycles. The van der Waals surface area contributed by atoms with Gasteiger partial charge in [-0.3, -0.25) is 0 Å². The molecule has 2 rings (SSSR count). The van der Waals surface area contributed by atoms with E-state index in [9.17, 15) is 0 Å². The van der Waals surface area contributed by atoms with Crippen molar-refractivity contribution < 1.29 is 9.47 Å². The highest BCUT2D eigenvalue weighted by Crippen LogP contribution is 2.21. The van der Waals surface area contributed by atoms with Gasteiger partial charge in [-0.25, -0.2) is 0 Å². The van der Waals surface area contributed by atoms with Gasteiger partial charge in [0.15, 0.2) is 0 Å². The summed E-state index contributed by atoms with van der Waals surface area (Å²) in [5.41, 5.74) is 1.52. The molecule has 1 aliphatic heterocycles. The molecule has 1 saturated heterocycles. The number of nitrogens with one attached hydrogen (secondary N) is 1. The first-order chi connectivity index (χ1) is 9.72. The molecule has 3 heteroatoms. The first-order valence-corrected chi connectivity index (χ1v) is 7.76. The minimum atomic E-state index is 0.217. The molecule has 112 valence electrons. The maximum Gasteiger partial charge on any atom is 0.119 e. The molecule has 1 heterocycles. The molecule has 0 atom stereocenters. The summed E-state index contributed by atoms with van der Waals surface area (Å²) in [4.78, 5) is 0. The summed E-state index contributed by atoms with van der Waals surface area (Å²) in [6.07, 6.45) is 4.46. The number of hydrogen-bond donors (Lipinski definition) is 1. The SMILES string of the molecule is CCCCOc1ccc(CNC2(C)CCOCC2)cc1. The zero-order valence-corrected chi connectivity index (χ0v) is 12.8. The number of rotatable bonds is 7. The Morgan fingerprint density at radius 3 is 2.55 bits per heavy atom. The Kier molecular flexibility index (Phi) is 5.86. The van der Waals surface area contributed by atoms with Crippen molar-refractivity contribution in [1.82, 2.24) is 5.32 Å². The highest BCUT2D eigenvalue weighted by atomic mass is 16.5. The number of hydrogen-bond acceptors (Lipinski definition) is 3. The molecule has 0 amide bonds. The van der Waals surface area contributed by atoms with Crippen molar-refractivity contribution in [2.45, 2.75) is 51.6 Å². The first kappa shape index (κ1) is 15.3. The molecule has 0 aliphatic carbocycles. The Labute approximate surface area is 122 Å². The standard InChI is InChI=1S/C17H27NO2/c1-3-4-11-20-16-7-5-15(6-8-16)14-18-17(2)9-12-19-13-10-17/h5-8,18H,3-4,9-14H2,1-2H3. The quantitative estimate of drug-likeness (QED) is 0.773. The van der Waals surface area contributed by atoms with Crippen molar-refractivity contribution in [2.75, 3.05) is 19.8 Å². The molecule has 0 aromatic heterocycles. The third-order valence-electron chi connectivity index (χ3n) is 4.01. The normalized spacial score (nSPS) is 17.9. The summed E-state index contributed by atoms with van der Waals surface area (Å²) in [5, 5.41) is 3.67. The lowest BCUT2D eigenvalue weighted by molar-refractivity contribution is 0.0446. The smallest absolute Gasteiger partial charge is 0.119 e. The first-order valence-electron chi connectivity index (χ1n) is 7.76. The summed E-state index contributed by atoms with van der Waals surface area (Å²) in [6.45, 7) is 7.92. The van der Waals surface area contributed by atoms with Crippen LogP contribution < -0.4 is 10.1 Å². The van der Waals surface area contributed by atoms with Gasteiger partial charge in [-0.2, -0.15) is 0 Å². The molecule has 0 spiro atoms. The van der Waals surface area contributed by atoms with Crippen LogP contribution in [0.1, 0.15) is 45.1 Å². The maximum absolute atomic E-state index is 5.68. The van der Waals surface area contributed by atoms with Crippen molar-refractivity contribution in [3.63, 3.8) is 0 Å². The van der Waals surface area contributed by atoms with Gasteiger partial charge in [-0.15, -0.1) is 0 Å². The third kappa shape index (κ3) is 4.80. The minimum Gasteiger partial charge on any atom is -0.494 e. The predicted molar refractivity (Wildman–Crippen MR) is 82.1 cm³/mol. The highest BCUT2D eigenvalue weighted by molar-refractivity contribution is 5.27. The second-order valence-electron chi connectivity index (χ2n) is 5.87. The van der Waals surface area contributed by atoms with E-state index in [4.69, 9.17) is 9.47 Å². The van der Waals surface area contributed by atoms with E-state index in [1.165, 1.54) is 12.0 Å². The minimum absolute atomic E-state index is 0.217. The van der Waals surface area contributed by atoms with Crippen LogP contribution in [0.2, 0.25) is 0 Å². The van der Waals surface area contributed by atoms with E-state index in [1.807, 2.05) is 0 Å². The highest BCUT2D eigenvalue weighted by Gasteiger charge is 2.26. The van der Waals surface area contributed by atoms with E-state index in [2.05, 4.69) is 43.4 Å². The molecule has 1 N–H and O–H groups in total. The third-order valence-corrected chi connectivity index (χ3v) is 4.01. The van der Waals surface area contributed by atoms with E-state index in [-0.39, 0.29) is 5.54 Å². The molecule has 1 fully saturated rings. The molecule has 0 unspecified atom stereocenters. The molecule has 0 radical (unpaired) electrons. The lowest BCUT2D eigenvalue weighted by Gasteiger charge is -2.34. The number of ether oxygens (including phenoxy) is 2. The van der Waals surface area contributed by atoms with Gasteiger partial charge in [0.05, 0.1) is 6.61 Å². The summed E-state index contributed by atoms with van der Waals surface area (Å²) in [5.74, 6) is 0.972. The lowest BCUT2D eigenvalue weighted by atomic mass is 9.92. The van der Waals surface area contributed by atoms with Crippen molar-refractivity contribution in [3.05, 3.63) is 29.8 Å². The van der Waals surface area contributed by atoms with Crippen LogP contribution in [-0.2, 0) is 11.3 Å². The summed E-state index contributed by atoms with van der Waals surface area (Å²) < 4.78 is 11.1. The maximum atomic E-state index is 5.68. The second-order valence-corrected chi connectivity index (χ2v) is 5.87. The fourth-order valence-corrected chi connectivity index (χ4v) is 2.35. The second kappa shape index (κ2) is 7.65. The van der Waals surface area contributed by atoms with Gasteiger partial charge >= 0.3 is 0 Å².